The monoisotopic (exact) mass is 217 g/mol. The summed E-state index contributed by atoms with van der Waals surface area (Å²) in [6, 6.07) is 8.99. The van der Waals surface area contributed by atoms with E-state index >= 15 is 0 Å². The Balaban J connectivity index is 2.76. The average Bonchev–Trinajstić information content (AvgIpc) is 2.31. The predicted octanol–water partition coefficient (Wildman–Crippen LogP) is 1.51. The van der Waals surface area contributed by atoms with Crippen LogP contribution in [0.5, 0.6) is 0 Å². The van der Waals surface area contributed by atoms with E-state index in [0.717, 1.165) is 5.56 Å². The lowest BCUT2D eigenvalue weighted by molar-refractivity contribution is -0.131. The number of ether oxygens (including phenoxy) is 1. The molecule has 0 fully saturated rings. The number of terminal acetylenes is 1. The van der Waals surface area contributed by atoms with Crippen molar-refractivity contribution in [2.24, 2.45) is 0 Å². The van der Waals surface area contributed by atoms with Gasteiger partial charge in [-0.05, 0) is 12.5 Å². The van der Waals surface area contributed by atoms with Crippen LogP contribution in [0.4, 0.5) is 0 Å². The van der Waals surface area contributed by atoms with Gasteiger partial charge in [-0.15, -0.1) is 6.42 Å². The zero-order chi connectivity index (χ0) is 12.0. The predicted molar refractivity (Wildman–Crippen MR) is 62.6 cm³/mol. The molecule has 0 saturated carbocycles. The molecule has 1 amide bonds. The van der Waals surface area contributed by atoms with Crippen LogP contribution >= 0.6 is 0 Å². The van der Waals surface area contributed by atoms with Gasteiger partial charge in [-0.2, -0.15) is 0 Å². The number of rotatable bonds is 4. The molecule has 0 spiro atoms. The smallest absolute Gasteiger partial charge is 0.254 e. The molecule has 2 unspecified atom stereocenters. The minimum atomic E-state index is -0.614. The van der Waals surface area contributed by atoms with Gasteiger partial charge in [0, 0.05) is 7.11 Å². The van der Waals surface area contributed by atoms with Crippen LogP contribution in [0.15, 0.2) is 30.3 Å². The first-order chi connectivity index (χ1) is 7.69. The molecule has 2 atom stereocenters. The van der Waals surface area contributed by atoms with Crippen LogP contribution in [0.1, 0.15) is 18.6 Å². The van der Waals surface area contributed by atoms with Crippen molar-refractivity contribution >= 4 is 5.91 Å². The van der Waals surface area contributed by atoms with Gasteiger partial charge in [0.1, 0.15) is 0 Å². The quantitative estimate of drug-likeness (QED) is 0.776. The van der Waals surface area contributed by atoms with Crippen molar-refractivity contribution in [3.8, 4) is 12.3 Å². The van der Waals surface area contributed by atoms with Gasteiger partial charge in [-0.1, -0.05) is 36.3 Å². The van der Waals surface area contributed by atoms with Crippen molar-refractivity contribution in [3.05, 3.63) is 35.9 Å². The summed E-state index contributed by atoms with van der Waals surface area (Å²) in [4.78, 5) is 11.8. The lowest BCUT2D eigenvalue weighted by Crippen LogP contribution is -2.36. The van der Waals surface area contributed by atoms with Gasteiger partial charge in [-0.3, -0.25) is 4.79 Å². The molecule has 3 heteroatoms. The summed E-state index contributed by atoms with van der Waals surface area (Å²) in [7, 11) is 1.50. The summed E-state index contributed by atoms with van der Waals surface area (Å²) in [6.07, 6.45) is 4.58. The van der Waals surface area contributed by atoms with Crippen LogP contribution in [0.25, 0.3) is 0 Å². The number of amides is 1. The third-order valence-electron chi connectivity index (χ3n) is 2.18. The second-order valence-corrected chi connectivity index (χ2v) is 3.42. The molecule has 0 saturated heterocycles. The summed E-state index contributed by atoms with van der Waals surface area (Å²) in [6.45, 7) is 1.75. The van der Waals surface area contributed by atoms with Crippen molar-refractivity contribution in [3.63, 3.8) is 0 Å². The van der Waals surface area contributed by atoms with Crippen LogP contribution in [0.2, 0.25) is 0 Å². The molecule has 16 heavy (non-hydrogen) atoms. The molecule has 1 aromatic rings. The van der Waals surface area contributed by atoms with E-state index < -0.39 is 6.10 Å². The van der Waals surface area contributed by atoms with Crippen molar-refractivity contribution in [2.75, 3.05) is 7.11 Å². The molecular weight excluding hydrogens is 202 g/mol. The minimum absolute atomic E-state index is 0.223. The first kappa shape index (κ1) is 12.3. The van der Waals surface area contributed by atoms with E-state index in [4.69, 9.17) is 11.2 Å². The number of hydrogen-bond acceptors (Lipinski definition) is 2. The standard InChI is InChI=1S/C13H15NO2/c1-4-10(2)14-13(15)12(16-3)11-8-6-5-7-9-11/h1,5-10,12H,2-3H3,(H,14,15). The Labute approximate surface area is 95.8 Å². The molecule has 1 aromatic carbocycles. The Morgan fingerprint density at radius 1 is 1.44 bits per heavy atom. The molecular formula is C13H15NO2. The van der Waals surface area contributed by atoms with Crippen LogP contribution in [-0.4, -0.2) is 19.1 Å². The van der Waals surface area contributed by atoms with E-state index in [2.05, 4.69) is 11.2 Å². The molecule has 84 valence electrons. The fraction of sp³-hybridized carbons (Fsp3) is 0.308. The summed E-state index contributed by atoms with van der Waals surface area (Å²) >= 11 is 0. The number of carbonyl (C=O) groups is 1. The highest BCUT2D eigenvalue weighted by molar-refractivity contribution is 5.82. The Kier molecular flexibility index (Phi) is 4.56. The Morgan fingerprint density at radius 2 is 2.06 bits per heavy atom. The lowest BCUT2D eigenvalue weighted by atomic mass is 10.1. The maximum Gasteiger partial charge on any atom is 0.254 e. The Bertz CT molecular complexity index is 381. The van der Waals surface area contributed by atoms with E-state index in [1.165, 1.54) is 7.11 Å². The first-order valence-corrected chi connectivity index (χ1v) is 5.03. The molecule has 0 aliphatic heterocycles. The van der Waals surface area contributed by atoms with Gasteiger partial charge in [0.2, 0.25) is 0 Å². The van der Waals surface area contributed by atoms with Crippen molar-refractivity contribution in [1.82, 2.24) is 5.32 Å². The largest absolute Gasteiger partial charge is 0.367 e. The molecule has 0 aliphatic carbocycles. The summed E-state index contributed by atoms with van der Waals surface area (Å²) in [5.74, 6) is 2.22. The van der Waals surface area contributed by atoms with Crippen LogP contribution < -0.4 is 5.32 Å². The topological polar surface area (TPSA) is 38.3 Å². The van der Waals surface area contributed by atoms with E-state index in [1.807, 2.05) is 30.3 Å². The van der Waals surface area contributed by atoms with Crippen molar-refractivity contribution < 1.29 is 9.53 Å². The third kappa shape index (κ3) is 3.11. The van der Waals surface area contributed by atoms with Gasteiger partial charge in [0.25, 0.3) is 5.91 Å². The van der Waals surface area contributed by atoms with Crippen molar-refractivity contribution in [1.29, 1.82) is 0 Å². The fourth-order valence-electron chi connectivity index (χ4n) is 1.35. The Hall–Kier alpha value is -1.79. The fourth-order valence-corrected chi connectivity index (χ4v) is 1.35. The highest BCUT2D eigenvalue weighted by atomic mass is 16.5. The summed E-state index contributed by atoms with van der Waals surface area (Å²) < 4.78 is 5.16. The minimum Gasteiger partial charge on any atom is -0.367 e. The SMILES string of the molecule is C#CC(C)NC(=O)C(OC)c1ccccc1. The molecule has 0 heterocycles. The number of carbonyl (C=O) groups excluding carboxylic acids is 1. The van der Waals surface area contributed by atoms with Gasteiger partial charge < -0.3 is 10.1 Å². The zero-order valence-electron chi connectivity index (χ0n) is 9.44. The van der Waals surface area contributed by atoms with E-state index in [-0.39, 0.29) is 11.9 Å². The number of benzene rings is 1. The Morgan fingerprint density at radius 3 is 2.56 bits per heavy atom. The molecule has 3 nitrogen and oxygen atoms in total. The highest BCUT2D eigenvalue weighted by Crippen LogP contribution is 2.16. The van der Waals surface area contributed by atoms with Crippen LogP contribution in [0, 0.1) is 12.3 Å². The lowest BCUT2D eigenvalue weighted by Gasteiger charge is -2.16. The molecule has 1 N–H and O–H groups in total. The van der Waals surface area contributed by atoms with E-state index in [9.17, 15) is 4.79 Å². The molecule has 0 radical (unpaired) electrons. The molecule has 0 aliphatic rings. The second kappa shape index (κ2) is 5.94. The number of methoxy groups -OCH3 is 1. The van der Waals surface area contributed by atoms with E-state index in [1.54, 1.807) is 6.92 Å². The molecule has 0 aromatic heterocycles. The van der Waals surface area contributed by atoms with Gasteiger partial charge >= 0.3 is 0 Å². The molecule has 1 rings (SSSR count). The molecule has 0 bridgehead atoms. The highest BCUT2D eigenvalue weighted by Gasteiger charge is 2.20. The maximum atomic E-state index is 11.8. The van der Waals surface area contributed by atoms with Gasteiger partial charge in [0.15, 0.2) is 6.10 Å². The van der Waals surface area contributed by atoms with E-state index in [0.29, 0.717) is 0 Å². The normalized spacial score (nSPS) is 13.6. The second-order valence-electron chi connectivity index (χ2n) is 3.42. The van der Waals surface area contributed by atoms with Gasteiger partial charge in [-0.25, -0.2) is 0 Å². The third-order valence-corrected chi connectivity index (χ3v) is 2.18. The van der Waals surface area contributed by atoms with Crippen LogP contribution in [-0.2, 0) is 9.53 Å². The van der Waals surface area contributed by atoms with Crippen molar-refractivity contribution in [2.45, 2.75) is 19.1 Å². The maximum absolute atomic E-state index is 11.8. The number of hydrogen-bond donors (Lipinski definition) is 1. The number of nitrogens with one attached hydrogen (secondary N) is 1. The summed E-state index contributed by atoms with van der Waals surface area (Å²) in [5, 5.41) is 2.68. The first-order valence-electron chi connectivity index (χ1n) is 5.03. The van der Waals surface area contributed by atoms with Crippen LogP contribution in [0.3, 0.4) is 0 Å². The van der Waals surface area contributed by atoms with Gasteiger partial charge in [0.05, 0.1) is 6.04 Å². The average molecular weight is 217 g/mol. The zero-order valence-corrected chi connectivity index (χ0v) is 9.44. The summed E-state index contributed by atoms with van der Waals surface area (Å²) in [5.41, 5.74) is 0.812.